The van der Waals surface area contributed by atoms with Crippen molar-refractivity contribution in [3.05, 3.63) is 65.4 Å². The molecule has 0 unspecified atom stereocenters. The van der Waals surface area contributed by atoms with Crippen molar-refractivity contribution in [3.63, 3.8) is 0 Å². The van der Waals surface area contributed by atoms with Crippen LogP contribution in [0.4, 0.5) is 0 Å². The van der Waals surface area contributed by atoms with Gasteiger partial charge in [-0.2, -0.15) is 0 Å². The smallest absolute Gasteiger partial charge is 0.341 e. The molecule has 0 radical (unpaired) electrons. The standard InChI is InChI=1S/C30H27NO8/c1-4-9-35-22-7-5-17(10-24(22)33-2)14-36-27-13-20-19(12-25(27)34-3)28(29-21(31-20)15-37-30(29)32)18-6-8-23-26(11-18)39-16-38-23/h5-8,10-13H,4,9,14-16H2,1-3H3. The molecular weight excluding hydrogens is 502 g/mol. The van der Waals surface area contributed by atoms with Gasteiger partial charge in [0.05, 0.1) is 37.6 Å². The number of benzene rings is 3. The van der Waals surface area contributed by atoms with Crippen molar-refractivity contribution in [2.45, 2.75) is 26.6 Å². The van der Waals surface area contributed by atoms with Crippen LogP contribution in [0.2, 0.25) is 0 Å². The maximum absolute atomic E-state index is 12.8. The molecule has 39 heavy (non-hydrogen) atoms. The molecule has 0 bridgehead atoms. The second-order valence-electron chi connectivity index (χ2n) is 9.10. The van der Waals surface area contributed by atoms with Gasteiger partial charge in [0.25, 0.3) is 0 Å². The summed E-state index contributed by atoms with van der Waals surface area (Å²) in [5.74, 6) is 3.23. The van der Waals surface area contributed by atoms with E-state index in [2.05, 4.69) is 6.92 Å². The van der Waals surface area contributed by atoms with Crippen LogP contribution >= 0.6 is 0 Å². The first-order valence-electron chi connectivity index (χ1n) is 12.6. The molecule has 3 aromatic carbocycles. The number of fused-ring (bicyclic) bond motifs is 3. The van der Waals surface area contributed by atoms with Crippen LogP contribution in [-0.2, 0) is 18.0 Å². The maximum atomic E-state index is 12.8. The summed E-state index contributed by atoms with van der Waals surface area (Å²) in [4.78, 5) is 17.5. The molecule has 9 nitrogen and oxygen atoms in total. The van der Waals surface area contributed by atoms with Crippen molar-refractivity contribution in [1.29, 1.82) is 0 Å². The lowest BCUT2D eigenvalue weighted by molar-refractivity contribution is 0.0534. The van der Waals surface area contributed by atoms with Crippen LogP contribution in [0.1, 0.15) is 35.0 Å². The second kappa shape index (κ2) is 10.2. The van der Waals surface area contributed by atoms with Gasteiger partial charge in [-0.25, -0.2) is 9.78 Å². The first-order chi connectivity index (χ1) is 19.1. The number of nitrogens with zero attached hydrogens (tertiary/aromatic N) is 1. The third kappa shape index (κ3) is 4.50. The molecule has 0 amide bonds. The molecule has 0 N–H and O–H groups in total. The van der Waals surface area contributed by atoms with E-state index in [1.165, 1.54) is 0 Å². The molecule has 1 aromatic heterocycles. The molecule has 2 aliphatic heterocycles. The van der Waals surface area contributed by atoms with Crippen molar-refractivity contribution in [2.75, 3.05) is 27.6 Å². The van der Waals surface area contributed by atoms with Crippen LogP contribution < -0.4 is 28.4 Å². The van der Waals surface area contributed by atoms with Crippen LogP contribution in [-0.4, -0.2) is 38.6 Å². The zero-order valence-electron chi connectivity index (χ0n) is 21.9. The number of aromatic nitrogens is 1. The molecular formula is C30H27NO8. The van der Waals surface area contributed by atoms with Gasteiger partial charge in [-0.3, -0.25) is 0 Å². The van der Waals surface area contributed by atoms with Gasteiger partial charge in [0.2, 0.25) is 6.79 Å². The largest absolute Gasteiger partial charge is 0.493 e. The number of esters is 1. The Morgan fingerprint density at radius 2 is 1.64 bits per heavy atom. The van der Waals surface area contributed by atoms with E-state index in [0.717, 1.165) is 22.9 Å². The first-order valence-corrected chi connectivity index (χ1v) is 12.6. The maximum Gasteiger partial charge on any atom is 0.341 e. The second-order valence-corrected chi connectivity index (χ2v) is 9.10. The predicted molar refractivity (Wildman–Crippen MR) is 142 cm³/mol. The highest BCUT2D eigenvalue weighted by Gasteiger charge is 2.30. The van der Waals surface area contributed by atoms with Crippen LogP contribution in [0, 0.1) is 0 Å². The fourth-order valence-electron chi connectivity index (χ4n) is 4.77. The number of cyclic esters (lactones) is 1. The first kappa shape index (κ1) is 24.7. The Kier molecular flexibility index (Phi) is 6.48. The van der Waals surface area contributed by atoms with Crippen molar-refractivity contribution < 1.29 is 38.0 Å². The van der Waals surface area contributed by atoms with Crippen LogP contribution in [0.25, 0.3) is 22.0 Å². The van der Waals surface area contributed by atoms with Gasteiger partial charge in [0.15, 0.2) is 34.5 Å². The molecule has 4 aromatic rings. The number of carbonyl (C=O) groups excluding carboxylic acids is 1. The summed E-state index contributed by atoms with van der Waals surface area (Å²) >= 11 is 0. The SMILES string of the molecule is CCCOc1ccc(COc2cc3nc4c(c(-c5ccc6c(c5)OCO6)c3cc2OC)C(=O)OC4)cc1OC. The van der Waals surface area contributed by atoms with Crippen molar-refractivity contribution in [1.82, 2.24) is 4.98 Å². The van der Waals surface area contributed by atoms with Gasteiger partial charge in [0, 0.05) is 17.0 Å². The highest BCUT2D eigenvalue weighted by Crippen LogP contribution is 2.44. The number of carbonyl (C=O) groups is 1. The summed E-state index contributed by atoms with van der Waals surface area (Å²) < 4.78 is 39.6. The van der Waals surface area contributed by atoms with E-state index < -0.39 is 5.97 Å². The number of hydrogen-bond acceptors (Lipinski definition) is 9. The van der Waals surface area contributed by atoms with Gasteiger partial charge >= 0.3 is 5.97 Å². The lowest BCUT2D eigenvalue weighted by atomic mass is 9.94. The quantitative estimate of drug-likeness (QED) is 0.254. The lowest BCUT2D eigenvalue weighted by Gasteiger charge is -2.16. The number of methoxy groups -OCH3 is 2. The Balaban J connectivity index is 1.39. The number of rotatable bonds is 9. The van der Waals surface area contributed by atoms with Gasteiger partial charge in [-0.15, -0.1) is 0 Å². The summed E-state index contributed by atoms with van der Waals surface area (Å²) in [6.07, 6.45) is 0.906. The Bertz CT molecular complexity index is 1580. The molecule has 0 saturated heterocycles. The summed E-state index contributed by atoms with van der Waals surface area (Å²) in [6, 6.07) is 15.0. The number of ether oxygens (including phenoxy) is 7. The molecule has 0 atom stereocenters. The van der Waals surface area contributed by atoms with E-state index in [0.29, 0.717) is 63.4 Å². The van der Waals surface area contributed by atoms with E-state index >= 15 is 0 Å². The van der Waals surface area contributed by atoms with Crippen LogP contribution in [0.15, 0.2) is 48.5 Å². The summed E-state index contributed by atoms with van der Waals surface area (Å²) in [5, 5.41) is 0.731. The zero-order valence-corrected chi connectivity index (χ0v) is 21.9. The van der Waals surface area contributed by atoms with Gasteiger partial charge in [-0.05, 0) is 47.9 Å². The third-order valence-electron chi connectivity index (χ3n) is 6.63. The van der Waals surface area contributed by atoms with E-state index in [4.69, 9.17) is 38.1 Å². The molecule has 0 fully saturated rings. The molecule has 200 valence electrons. The lowest BCUT2D eigenvalue weighted by Crippen LogP contribution is -2.03. The van der Waals surface area contributed by atoms with Crippen LogP contribution in [0.5, 0.6) is 34.5 Å². The fraction of sp³-hybridized carbons (Fsp3) is 0.267. The molecule has 9 heteroatoms. The van der Waals surface area contributed by atoms with Gasteiger partial charge in [-0.1, -0.05) is 19.1 Å². The molecule has 6 rings (SSSR count). The highest BCUT2D eigenvalue weighted by molar-refractivity contribution is 6.09. The van der Waals surface area contributed by atoms with Crippen molar-refractivity contribution >= 4 is 16.9 Å². The summed E-state index contributed by atoms with van der Waals surface area (Å²) in [5.41, 5.74) is 4.05. The van der Waals surface area contributed by atoms with Crippen molar-refractivity contribution in [2.24, 2.45) is 0 Å². The molecule has 2 aliphatic rings. The molecule has 0 spiro atoms. The Morgan fingerprint density at radius 3 is 2.46 bits per heavy atom. The van der Waals surface area contributed by atoms with E-state index in [9.17, 15) is 4.79 Å². The van der Waals surface area contributed by atoms with Gasteiger partial charge in [0.1, 0.15) is 13.2 Å². The van der Waals surface area contributed by atoms with Gasteiger partial charge < -0.3 is 33.2 Å². The van der Waals surface area contributed by atoms with E-state index in [1.54, 1.807) is 14.2 Å². The number of hydrogen-bond donors (Lipinski definition) is 0. The predicted octanol–water partition coefficient (Wildman–Crippen LogP) is 5.69. The molecule has 3 heterocycles. The van der Waals surface area contributed by atoms with Crippen molar-refractivity contribution in [3.8, 4) is 45.6 Å². The minimum atomic E-state index is -0.410. The van der Waals surface area contributed by atoms with E-state index in [1.807, 2.05) is 48.5 Å². The van der Waals surface area contributed by atoms with E-state index in [-0.39, 0.29) is 20.0 Å². The Labute approximate surface area is 225 Å². The molecule has 0 aliphatic carbocycles. The normalized spacial score (nSPS) is 13.3. The minimum absolute atomic E-state index is 0.107. The third-order valence-corrected chi connectivity index (χ3v) is 6.63. The fourth-order valence-corrected chi connectivity index (χ4v) is 4.77. The minimum Gasteiger partial charge on any atom is -0.493 e. The highest BCUT2D eigenvalue weighted by atomic mass is 16.7. The zero-order chi connectivity index (χ0) is 26.9. The summed E-state index contributed by atoms with van der Waals surface area (Å²) in [6.45, 7) is 3.20. The average molecular weight is 530 g/mol. The Morgan fingerprint density at radius 1 is 0.821 bits per heavy atom. The monoisotopic (exact) mass is 529 g/mol. The topological polar surface area (TPSA) is 94.6 Å². The summed E-state index contributed by atoms with van der Waals surface area (Å²) in [7, 11) is 3.19. The number of pyridine rings is 1. The Hall–Kier alpha value is -4.66. The van der Waals surface area contributed by atoms with Crippen LogP contribution in [0.3, 0.4) is 0 Å². The molecule has 0 saturated carbocycles. The average Bonchev–Trinajstić information content (AvgIpc) is 3.59.